The van der Waals surface area contributed by atoms with Crippen LogP contribution in [-0.2, 0) is 26.0 Å². The van der Waals surface area contributed by atoms with Gasteiger partial charge in [0, 0.05) is 13.1 Å². The Balaban J connectivity index is 2.30. The Morgan fingerprint density at radius 3 is 2.21 bits per heavy atom. The van der Waals surface area contributed by atoms with E-state index in [1.54, 1.807) is 56.3 Å². The SMILES string of the molecule is CCN(CC)C(=O)C(Cc1ccc(OC)c(OC)c1)C(=O)NS(=O)(=O)C=Cc1ccccc1. The molecular formula is C24H30N2O6S. The predicted octanol–water partition coefficient (Wildman–Crippen LogP) is 2.85. The van der Waals surface area contributed by atoms with Gasteiger partial charge in [0.25, 0.3) is 10.0 Å². The summed E-state index contributed by atoms with van der Waals surface area (Å²) in [5, 5.41) is 0.912. The Labute approximate surface area is 195 Å². The first-order valence-electron chi connectivity index (χ1n) is 10.5. The molecule has 0 heterocycles. The third-order valence-electron chi connectivity index (χ3n) is 5.06. The molecule has 2 rings (SSSR count). The molecule has 178 valence electrons. The fraction of sp³-hybridized carbons (Fsp3) is 0.333. The normalized spacial score (nSPS) is 12.2. The lowest BCUT2D eigenvalue weighted by Crippen LogP contribution is -2.45. The van der Waals surface area contributed by atoms with Crippen molar-refractivity contribution in [2.24, 2.45) is 5.92 Å². The molecule has 0 aromatic heterocycles. The number of amides is 2. The molecule has 0 radical (unpaired) electrons. The first kappa shape index (κ1) is 25.9. The first-order chi connectivity index (χ1) is 15.7. The van der Waals surface area contributed by atoms with E-state index in [1.807, 2.05) is 10.8 Å². The average Bonchev–Trinajstić information content (AvgIpc) is 2.82. The van der Waals surface area contributed by atoms with Crippen molar-refractivity contribution in [1.29, 1.82) is 0 Å². The summed E-state index contributed by atoms with van der Waals surface area (Å²) < 4.78 is 37.6. The molecule has 1 unspecified atom stereocenters. The minimum Gasteiger partial charge on any atom is -0.493 e. The molecule has 2 aromatic carbocycles. The molecule has 0 bridgehead atoms. The molecule has 0 aliphatic heterocycles. The van der Waals surface area contributed by atoms with Crippen LogP contribution in [0.3, 0.4) is 0 Å². The zero-order chi connectivity index (χ0) is 24.4. The van der Waals surface area contributed by atoms with Gasteiger partial charge in [0.15, 0.2) is 11.5 Å². The van der Waals surface area contributed by atoms with Crippen LogP contribution in [0, 0.1) is 5.92 Å². The molecule has 0 aliphatic rings. The molecule has 0 spiro atoms. The molecule has 0 aliphatic carbocycles. The van der Waals surface area contributed by atoms with E-state index in [9.17, 15) is 18.0 Å². The minimum atomic E-state index is -4.11. The van der Waals surface area contributed by atoms with Crippen molar-refractivity contribution in [3.63, 3.8) is 0 Å². The minimum absolute atomic E-state index is 0.000555. The van der Waals surface area contributed by atoms with Gasteiger partial charge in [0.1, 0.15) is 5.92 Å². The second-order valence-electron chi connectivity index (χ2n) is 7.18. The van der Waals surface area contributed by atoms with Crippen LogP contribution in [0.5, 0.6) is 11.5 Å². The van der Waals surface area contributed by atoms with Gasteiger partial charge in [-0.1, -0.05) is 36.4 Å². The maximum atomic E-state index is 13.1. The van der Waals surface area contributed by atoms with Gasteiger partial charge in [-0.25, -0.2) is 13.1 Å². The summed E-state index contributed by atoms with van der Waals surface area (Å²) in [6.07, 6.45) is 1.38. The van der Waals surface area contributed by atoms with E-state index >= 15 is 0 Å². The molecule has 9 heteroatoms. The highest BCUT2D eigenvalue weighted by molar-refractivity contribution is 7.93. The Hall–Kier alpha value is -3.33. The van der Waals surface area contributed by atoms with Gasteiger partial charge >= 0.3 is 0 Å². The Morgan fingerprint density at radius 1 is 1.00 bits per heavy atom. The van der Waals surface area contributed by atoms with Crippen molar-refractivity contribution in [2.75, 3.05) is 27.3 Å². The fourth-order valence-corrected chi connectivity index (χ4v) is 4.10. The molecule has 0 saturated carbocycles. The number of ether oxygens (including phenoxy) is 2. The Morgan fingerprint density at radius 2 is 1.64 bits per heavy atom. The van der Waals surface area contributed by atoms with Gasteiger partial charge in [0.2, 0.25) is 11.8 Å². The molecule has 1 atom stereocenters. The molecule has 8 nitrogen and oxygen atoms in total. The molecule has 1 N–H and O–H groups in total. The summed E-state index contributed by atoms with van der Waals surface area (Å²) >= 11 is 0. The van der Waals surface area contributed by atoms with Crippen molar-refractivity contribution in [3.05, 3.63) is 65.1 Å². The summed E-state index contributed by atoms with van der Waals surface area (Å²) in [7, 11) is -1.12. The van der Waals surface area contributed by atoms with Gasteiger partial charge in [-0.2, -0.15) is 0 Å². The van der Waals surface area contributed by atoms with Crippen LogP contribution in [-0.4, -0.2) is 52.4 Å². The second kappa shape index (κ2) is 12.1. The number of carbonyl (C=O) groups is 2. The number of rotatable bonds is 11. The Bertz CT molecular complexity index is 1080. The lowest BCUT2D eigenvalue weighted by molar-refractivity contribution is -0.141. The van der Waals surface area contributed by atoms with Crippen LogP contribution in [0.2, 0.25) is 0 Å². The van der Waals surface area contributed by atoms with Crippen molar-refractivity contribution in [2.45, 2.75) is 20.3 Å². The van der Waals surface area contributed by atoms with E-state index in [-0.39, 0.29) is 6.42 Å². The molecule has 0 fully saturated rings. The number of methoxy groups -OCH3 is 2. The van der Waals surface area contributed by atoms with Crippen molar-refractivity contribution >= 4 is 27.9 Å². The van der Waals surface area contributed by atoms with Gasteiger partial charge in [-0.05, 0) is 49.6 Å². The van der Waals surface area contributed by atoms with Crippen LogP contribution in [0.15, 0.2) is 53.9 Å². The molecule has 33 heavy (non-hydrogen) atoms. The van der Waals surface area contributed by atoms with E-state index in [0.717, 1.165) is 5.41 Å². The van der Waals surface area contributed by atoms with Gasteiger partial charge < -0.3 is 14.4 Å². The summed E-state index contributed by atoms with van der Waals surface area (Å²) in [5.41, 5.74) is 1.29. The smallest absolute Gasteiger partial charge is 0.257 e. The van der Waals surface area contributed by atoms with Crippen LogP contribution >= 0.6 is 0 Å². The summed E-state index contributed by atoms with van der Waals surface area (Å²) in [4.78, 5) is 27.6. The van der Waals surface area contributed by atoms with Crippen LogP contribution < -0.4 is 14.2 Å². The molecular weight excluding hydrogens is 444 g/mol. The first-order valence-corrected chi connectivity index (χ1v) is 12.1. The lowest BCUT2D eigenvalue weighted by atomic mass is 9.96. The second-order valence-corrected chi connectivity index (χ2v) is 8.75. The number of nitrogens with one attached hydrogen (secondary N) is 1. The molecule has 0 saturated heterocycles. The van der Waals surface area contributed by atoms with Crippen molar-refractivity contribution in [3.8, 4) is 11.5 Å². The number of carbonyl (C=O) groups excluding carboxylic acids is 2. The van der Waals surface area contributed by atoms with Gasteiger partial charge in [-0.15, -0.1) is 0 Å². The van der Waals surface area contributed by atoms with Gasteiger partial charge in [-0.3, -0.25) is 9.59 Å². The van der Waals surface area contributed by atoms with E-state index in [2.05, 4.69) is 0 Å². The average molecular weight is 475 g/mol. The van der Waals surface area contributed by atoms with E-state index in [1.165, 1.54) is 25.2 Å². The van der Waals surface area contributed by atoms with E-state index < -0.39 is 27.8 Å². The summed E-state index contributed by atoms with van der Waals surface area (Å²) in [6, 6.07) is 13.9. The number of nitrogens with zero attached hydrogens (tertiary/aromatic N) is 1. The van der Waals surface area contributed by atoms with Crippen molar-refractivity contribution < 1.29 is 27.5 Å². The van der Waals surface area contributed by atoms with Crippen molar-refractivity contribution in [1.82, 2.24) is 9.62 Å². The highest BCUT2D eigenvalue weighted by atomic mass is 32.2. The molecule has 2 amide bonds. The zero-order valence-electron chi connectivity index (χ0n) is 19.3. The molecule has 2 aromatic rings. The maximum absolute atomic E-state index is 13.1. The number of sulfonamides is 1. The maximum Gasteiger partial charge on any atom is 0.257 e. The topological polar surface area (TPSA) is 102 Å². The third-order valence-corrected chi connectivity index (χ3v) is 6.04. The lowest BCUT2D eigenvalue weighted by Gasteiger charge is -2.24. The number of hydrogen-bond donors (Lipinski definition) is 1. The summed E-state index contributed by atoms with van der Waals surface area (Å²) in [5.74, 6) is -1.62. The van der Waals surface area contributed by atoms with Crippen LogP contribution in [0.1, 0.15) is 25.0 Å². The predicted molar refractivity (Wildman–Crippen MR) is 127 cm³/mol. The monoisotopic (exact) mass is 474 g/mol. The Kier molecular flexibility index (Phi) is 9.47. The zero-order valence-corrected chi connectivity index (χ0v) is 20.1. The van der Waals surface area contributed by atoms with Gasteiger partial charge in [0.05, 0.1) is 19.6 Å². The third kappa shape index (κ3) is 7.35. The largest absolute Gasteiger partial charge is 0.493 e. The summed E-state index contributed by atoms with van der Waals surface area (Å²) in [6.45, 7) is 4.38. The highest BCUT2D eigenvalue weighted by Gasteiger charge is 2.32. The van der Waals surface area contributed by atoms with Crippen LogP contribution in [0.4, 0.5) is 0 Å². The quantitative estimate of drug-likeness (QED) is 0.503. The number of benzene rings is 2. The van der Waals surface area contributed by atoms with E-state index in [0.29, 0.717) is 35.7 Å². The number of hydrogen-bond acceptors (Lipinski definition) is 6. The van der Waals surface area contributed by atoms with Crippen LogP contribution in [0.25, 0.3) is 6.08 Å². The van der Waals surface area contributed by atoms with E-state index in [4.69, 9.17) is 9.47 Å². The fourth-order valence-electron chi connectivity index (χ4n) is 3.27. The standard InChI is InChI=1S/C24H30N2O6S/c1-5-26(6-2)24(28)20(16-19-12-13-21(31-3)22(17-19)32-4)23(27)25-33(29,30)15-14-18-10-8-7-9-11-18/h7-15,17,20H,5-6,16H2,1-4H3,(H,25,27). The highest BCUT2D eigenvalue weighted by Crippen LogP contribution is 2.29.